The van der Waals surface area contributed by atoms with Crippen molar-refractivity contribution in [3.05, 3.63) is 70.3 Å². The number of piperazine rings is 1. The van der Waals surface area contributed by atoms with Gasteiger partial charge >= 0.3 is 5.97 Å². The van der Waals surface area contributed by atoms with Gasteiger partial charge in [-0.15, -0.1) is 22.7 Å². The van der Waals surface area contributed by atoms with Gasteiger partial charge in [0, 0.05) is 56.2 Å². The van der Waals surface area contributed by atoms with Gasteiger partial charge in [-0.25, -0.2) is 23.2 Å². The average molecular weight is 714 g/mol. The summed E-state index contributed by atoms with van der Waals surface area (Å²) in [4.78, 5) is 46.2. The first-order valence-electron chi connectivity index (χ1n) is 14.8. The van der Waals surface area contributed by atoms with Gasteiger partial charge in [-0.05, 0) is 42.5 Å². The summed E-state index contributed by atoms with van der Waals surface area (Å²) in [5.41, 5.74) is 12.0. The number of thiophene rings is 1. The molecule has 4 heterocycles. The lowest BCUT2D eigenvalue weighted by molar-refractivity contribution is -0.139. The first-order chi connectivity index (χ1) is 23.1. The Bertz CT molecular complexity index is 1840. The molecule has 1 amide bonds. The molecule has 19 heteroatoms. The average Bonchev–Trinajstić information content (AvgIpc) is 3.75. The fourth-order valence-corrected chi connectivity index (χ4v) is 7.64. The van der Waals surface area contributed by atoms with Gasteiger partial charge in [0.05, 0.1) is 29.0 Å². The third-order valence-electron chi connectivity index (χ3n) is 7.25. The van der Waals surface area contributed by atoms with Crippen LogP contribution in [0.5, 0.6) is 0 Å². The predicted molar refractivity (Wildman–Crippen MR) is 186 cm³/mol. The molecule has 4 aromatic rings. The van der Waals surface area contributed by atoms with Crippen LogP contribution in [-0.2, 0) is 21.4 Å². The summed E-state index contributed by atoms with van der Waals surface area (Å²) in [6.45, 7) is 3.82. The Balaban J connectivity index is 1.16. The van der Waals surface area contributed by atoms with Crippen molar-refractivity contribution in [2.75, 3.05) is 52.6 Å². The third kappa shape index (κ3) is 9.07. The van der Waals surface area contributed by atoms with Crippen LogP contribution < -0.4 is 36.6 Å². The normalized spacial score (nSPS) is 13.8. The summed E-state index contributed by atoms with van der Waals surface area (Å²) >= 11 is 2.54. The van der Waals surface area contributed by atoms with E-state index in [0.717, 1.165) is 54.2 Å². The molecule has 8 N–H and O–H groups in total. The molecule has 5 rings (SSSR count). The van der Waals surface area contributed by atoms with Crippen LogP contribution in [0.15, 0.2) is 69.6 Å². The number of nitrogens with zero attached hydrogens (tertiary/aromatic N) is 6. The molecule has 1 aliphatic heterocycles. The Kier molecular flexibility index (Phi) is 11.2. The Hall–Kier alpha value is -5.01. The number of hydrogen-bond donors (Lipinski definition) is 6. The molecule has 0 aliphatic carbocycles. The number of nitrogens with one attached hydrogen (secondary N) is 3. The predicted octanol–water partition coefficient (Wildman–Crippen LogP) is 1.97. The second-order valence-corrected chi connectivity index (χ2v) is 14.1. The maximum atomic E-state index is 13.3. The monoisotopic (exact) mass is 713 g/mol. The Morgan fingerprint density at radius 2 is 1.88 bits per heavy atom. The van der Waals surface area contributed by atoms with Crippen molar-refractivity contribution in [2.24, 2.45) is 16.5 Å². The highest BCUT2D eigenvalue weighted by molar-refractivity contribution is 7.92. The number of anilines is 4. The van der Waals surface area contributed by atoms with Crippen molar-refractivity contribution in [1.82, 2.24) is 20.3 Å². The molecular formula is C29H35N11O5S3. The van der Waals surface area contributed by atoms with E-state index in [-0.39, 0.29) is 34.4 Å². The molecule has 1 aliphatic rings. The fourth-order valence-electron chi connectivity index (χ4n) is 4.82. The molecular weight excluding hydrogens is 679 g/mol. The zero-order valence-electron chi connectivity index (χ0n) is 25.7. The van der Waals surface area contributed by atoms with Gasteiger partial charge in [0.2, 0.25) is 0 Å². The van der Waals surface area contributed by atoms with E-state index in [9.17, 15) is 23.1 Å². The zero-order valence-corrected chi connectivity index (χ0v) is 28.1. The number of aliphatic carboxylic acids is 1. The van der Waals surface area contributed by atoms with Crippen LogP contribution in [0.1, 0.15) is 28.2 Å². The van der Waals surface area contributed by atoms with E-state index in [1.165, 1.54) is 18.2 Å². The van der Waals surface area contributed by atoms with E-state index in [1.807, 2.05) is 5.38 Å². The number of benzene rings is 1. The molecule has 0 radical (unpaired) electrons. The summed E-state index contributed by atoms with van der Waals surface area (Å²) in [6, 6.07) is 6.53. The third-order valence-corrected chi connectivity index (χ3v) is 10.5. The van der Waals surface area contributed by atoms with Crippen LogP contribution in [0, 0.1) is 0 Å². The van der Waals surface area contributed by atoms with Gasteiger partial charge in [0.25, 0.3) is 15.9 Å². The lowest BCUT2D eigenvalue weighted by Gasteiger charge is -2.35. The smallest absolute Gasteiger partial charge is 0.326 e. The van der Waals surface area contributed by atoms with Gasteiger partial charge in [-0.1, -0.05) is 6.07 Å². The first kappa shape index (κ1) is 34.3. The van der Waals surface area contributed by atoms with Crippen LogP contribution in [-0.4, -0.2) is 85.1 Å². The Morgan fingerprint density at radius 1 is 1.08 bits per heavy atom. The number of carbonyl (C=O) groups excluding carboxylic acids is 1. The number of aromatic nitrogens is 3. The molecule has 3 aromatic heterocycles. The van der Waals surface area contributed by atoms with E-state index in [4.69, 9.17) is 16.5 Å². The first-order valence-corrected chi connectivity index (χ1v) is 18.1. The summed E-state index contributed by atoms with van der Waals surface area (Å²) in [5, 5.41) is 19.7. The maximum absolute atomic E-state index is 13.3. The SMILES string of the molecule is NC(N)=NCCC[C@H](NC(=O)c1sccc1NS(=O)(=O)c1cccc(NCc2csc(N3CCN(c4cnccn4)CC3)n2)c1)C(=O)O. The van der Waals surface area contributed by atoms with Crippen molar-refractivity contribution in [2.45, 2.75) is 30.3 Å². The standard InChI is InChI=1S/C29H35N11O5S3/c30-28(31)34-7-2-5-23(27(42)43)37-26(41)25-22(6-14-46-25)38-48(44,45)21-4-1-3-19(15-21)35-16-20-18-47-29(36-20)40-12-10-39(11-13-40)24-17-32-8-9-33-24/h1,3-4,6,8-9,14-15,17-18,23,35,38H,2,5,7,10-13,16H2,(H,37,41)(H,42,43)(H4,30,31,34)/t23-/m0/s1. The van der Waals surface area contributed by atoms with Crippen LogP contribution in [0.25, 0.3) is 0 Å². The summed E-state index contributed by atoms with van der Waals surface area (Å²) in [6.07, 6.45) is 5.50. The highest BCUT2D eigenvalue weighted by Gasteiger charge is 2.25. The van der Waals surface area contributed by atoms with E-state index >= 15 is 0 Å². The number of nitrogens with two attached hydrogens (primary N) is 2. The maximum Gasteiger partial charge on any atom is 0.326 e. The Morgan fingerprint density at radius 3 is 2.60 bits per heavy atom. The lowest BCUT2D eigenvalue weighted by Crippen LogP contribution is -2.46. The minimum Gasteiger partial charge on any atom is -0.480 e. The number of aliphatic imine (C=N–C) groups is 1. The summed E-state index contributed by atoms with van der Waals surface area (Å²) < 4.78 is 29.1. The molecule has 254 valence electrons. The van der Waals surface area contributed by atoms with Crippen molar-refractivity contribution in [3.8, 4) is 0 Å². The number of sulfonamides is 1. The molecule has 1 atom stereocenters. The molecule has 0 bridgehead atoms. The molecule has 0 saturated carbocycles. The van der Waals surface area contributed by atoms with Gasteiger partial charge in [0.1, 0.15) is 16.7 Å². The summed E-state index contributed by atoms with van der Waals surface area (Å²) in [7, 11) is -4.10. The topological polar surface area (TPSA) is 234 Å². The van der Waals surface area contributed by atoms with E-state index in [1.54, 1.807) is 47.4 Å². The molecule has 0 unspecified atom stereocenters. The van der Waals surface area contributed by atoms with Gasteiger partial charge in [0.15, 0.2) is 11.1 Å². The minimum atomic E-state index is -4.10. The van der Waals surface area contributed by atoms with Crippen molar-refractivity contribution < 1.29 is 23.1 Å². The summed E-state index contributed by atoms with van der Waals surface area (Å²) in [5.74, 6) is -1.21. The number of guanidine groups is 1. The second kappa shape index (κ2) is 15.7. The number of thiazole rings is 1. The second-order valence-electron chi connectivity index (χ2n) is 10.6. The fraction of sp³-hybridized carbons (Fsp3) is 0.310. The molecule has 1 fully saturated rings. The van der Waals surface area contributed by atoms with E-state index < -0.39 is 27.9 Å². The molecule has 1 aromatic carbocycles. The number of amides is 1. The number of carboxylic acid groups (broad SMARTS) is 1. The Labute approximate surface area is 285 Å². The number of rotatable bonds is 15. The quantitative estimate of drug-likeness (QED) is 0.0588. The number of carbonyl (C=O) groups is 2. The van der Waals surface area contributed by atoms with Crippen LogP contribution in [0.4, 0.5) is 22.3 Å². The molecule has 1 saturated heterocycles. The minimum absolute atomic E-state index is 0.0202. The number of hydrogen-bond acceptors (Lipinski definition) is 13. The van der Waals surface area contributed by atoms with Crippen LogP contribution in [0.2, 0.25) is 0 Å². The molecule has 16 nitrogen and oxygen atoms in total. The van der Waals surface area contributed by atoms with E-state index in [2.05, 4.69) is 40.1 Å². The zero-order chi connectivity index (χ0) is 34.1. The largest absolute Gasteiger partial charge is 0.480 e. The van der Waals surface area contributed by atoms with Gasteiger partial charge in [-0.2, -0.15) is 0 Å². The van der Waals surface area contributed by atoms with Gasteiger partial charge < -0.3 is 37.0 Å². The van der Waals surface area contributed by atoms with Gasteiger partial charge in [-0.3, -0.25) is 19.5 Å². The van der Waals surface area contributed by atoms with Crippen LogP contribution in [0.3, 0.4) is 0 Å². The highest BCUT2D eigenvalue weighted by atomic mass is 32.2. The van der Waals surface area contributed by atoms with Crippen molar-refractivity contribution in [3.63, 3.8) is 0 Å². The lowest BCUT2D eigenvalue weighted by atomic mass is 10.1. The van der Waals surface area contributed by atoms with Crippen molar-refractivity contribution in [1.29, 1.82) is 0 Å². The number of carboxylic acids is 1. The molecule has 0 spiro atoms. The van der Waals surface area contributed by atoms with E-state index in [0.29, 0.717) is 18.7 Å². The van der Waals surface area contributed by atoms with Crippen molar-refractivity contribution >= 4 is 72.9 Å². The van der Waals surface area contributed by atoms with Crippen LogP contribution >= 0.6 is 22.7 Å². The highest BCUT2D eigenvalue weighted by Crippen LogP contribution is 2.27. The molecule has 48 heavy (non-hydrogen) atoms.